The Hall–Kier alpha value is -2.46. The van der Waals surface area contributed by atoms with Crippen LogP contribution in [0.25, 0.3) is 33.0 Å². The summed E-state index contributed by atoms with van der Waals surface area (Å²) in [7, 11) is 0. The van der Waals surface area contributed by atoms with E-state index in [4.69, 9.17) is 0 Å². The van der Waals surface area contributed by atoms with Crippen molar-refractivity contribution in [2.75, 3.05) is 0 Å². The summed E-state index contributed by atoms with van der Waals surface area (Å²) < 4.78 is 0. The molecule has 4 aromatic rings. The number of nitrogens with zero attached hydrogens (tertiary/aromatic N) is 2. The molecule has 0 spiro atoms. The van der Waals surface area contributed by atoms with Crippen LogP contribution in [0.4, 0.5) is 0 Å². The number of aromatic nitrogens is 3. The standard InChI is InChI=1S/C16H10N3S/c1-2-6-11(7-3-1)15-14(17-10-20-15)16-18-12-8-4-5-9-13(12)19-16/h2-10H,(H,18,19). The average molecular weight is 276 g/mol. The first-order chi connectivity index (χ1) is 9.92. The normalized spacial score (nSPS) is 11.0. The van der Waals surface area contributed by atoms with E-state index in [1.807, 2.05) is 54.0 Å². The van der Waals surface area contributed by atoms with Crippen molar-refractivity contribution in [1.82, 2.24) is 15.0 Å². The summed E-state index contributed by atoms with van der Waals surface area (Å²) in [5.41, 5.74) is 5.89. The van der Waals surface area contributed by atoms with Gasteiger partial charge in [-0.15, -0.1) is 11.3 Å². The number of hydrogen-bond acceptors (Lipinski definition) is 3. The minimum atomic E-state index is 0.815. The highest BCUT2D eigenvalue weighted by Gasteiger charge is 2.14. The van der Waals surface area contributed by atoms with E-state index in [1.54, 1.807) is 11.3 Å². The van der Waals surface area contributed by atoms with Crippen LogP contribution in [0.3, 0.4) is 0 Å². The zero-order valence-electron chi connectivity index (χ0n) is 10.5. The predicted molar refractivity (Wildman–Crippen MR) is 81.5 cm³/mol. The molecule has 0 amide bonds. The Balaban J connectivity index is 1.89. The molecule has 0 saturated carbocycles. The molecule has 0 fully saturated rings. The quantitative estimate of drug-likeness (QED) is 0.597. The number of para-hydroxylation sites is 2. The first kappa shape index (κ1) is 11.4. The molecule has 0 aliphatic heterocycles. The summed E-state index contributed by atoms with van der Waals surface area (Å²) in [5, 5.41) is 0. The van der Waals surface area contributed by atoms with Gasteiger partial charge >= 0.3 is 0 Å². The number of hydrogen-bond donors (Lipinski definition) is 1. The van der Waals surface area contributed by atoms with Crippen molar-refractivity contribution in [1.29, 1.82) is 0 Å². The lowest BCUT2D eigenvalue weighted by molar-refractivity contribution is 1.27. The number of nitrogens with one attached hydrogen (secondary N) is 1. The molecule has 1 N–H and O–H groups in total. The molecule has 0 atom stereocenters. The molecular formula is C16H10N3S. The van der Waals surface area contributed by atoms with E-state index in [0.717, 1.165) is 33.0 Å². The topological polar surface area (TPSA) is 41.6 Å². The van der Waals surface area contributed by atoms with Crippen molar-refractivity contribution in [3.05, 3.63) is 60.1 Å². The Kier molecular flexibility index (Phi) is 2.60. The molecule has 0 aliphatic rings. The molecule has 4 heteroatoms. The summed E-state index contributed by atoms with van der Waals surface area (Å²) in [5.74, 6) is 0.815. The molecule has 20 heavy (non-hydrogen) atoms. The lowest BCUT2D eigenvalue weighted by Gasteiger charge is -1.99. The molecule has 0 saturated heterocycles. The summed E-state index contributed by atoms with van der Waals surface area (Å²) in [6.07, 6.45) is 0. The highest BCUT2D eigenvalue weighted by atomic mass is 32.1. The number of aromatic amines is 1. The Labute approximate surface area is 120 Å². The van der Waals surface area contributed by atoms with Gasteiger partial charge in [0.25, 0.3) is 0 Å². The minimum Gasteiger partial charge on any atom is -0.337 e. The van der Waals surface area contributed by atoms with E-state index in [1.165, 1.54) is 0 Å². The van der Waals surface area contributed by atoms with Crippen LogP contribution in [0, 0.1) is 6.07 Å². The highest BCUT2D eigenvalue weighted by molar-refractivity contribution is 7.13. The smallest absolute Gasteiger partial charge is 0.158 e. The van der Waals surface area contributed by atoms with Crippen LogP contribution >= 0.6 is 11.3 Å². The molecule has 2 aromatic heterocycles. The van der Waals surface area contributed by atoms with Crippen molar-refractivity contribution in [2.45, 2.75) is 0 Å². The Morgan fingerprint density at radius 3 is 2.75 bits per heavy atom. The van der Waals surface area contributed by atoms with Gasteiger partial charge in [0.05, 0.1) is 21.4 Å². The van der Waals surface area contributed by atoms with Crippen LogP contribution in [-0.4, -0.2) is 15.0 Å². The zero-order chi connectivity index (χ0) is 13.4. The van der Waals surface area contributed by atoms with E-state index in [2.05, 4.69) is 21.0 Å². The van der Waals surface area contributed by atoms with Crippen LogP contribution in [0.2, 0.25) is 0 Å². The first-order valence-electron chi connectivity index (χ1n) is 6.27. The Bertz CT molecular complexity index is 828. The van der Waals surface area contributed by atoms with E-state index in [9.17, 15) is 0 Å². The lowest BCUT2D eigenvalue weighted by atomic mass is 10.1. The fraction of sp³-hybridized carbons (Fsp3) is 0. The second-order valence-corrected chi connectivity index (χ2v) is 5.28. The average Bonchev–Trinajstić information content (AvgIpc) is 3.14. The van der Waals surface area contributed by atoms with Crippen LogP contribution in [0.1, 0.15) is 0 Å². The van der Waals surface area contributed by atoms with Crippen molar-refractivity contribution in [3.8, 4) is 22.0 Å². The van der Waals surface area contributed by atoms with Gasteiger partial charge in [-0.2, -0.15) is 0 Å². The van der Waals surface area contributed by atoms with Crippen molar-refractivity contribution < 1.29 is 0 Å². The Morgan fingerprint density at radius 1 is 1.05 bits per heavy atom. The summed E-state index contributed by atoms with van der Waals surface area (Å²) in [6.45, 7) is 0. The van der Waals surface area contributed by atoms with Crippen LogP contribution in [0.5, 0.6) is 0 Å². The molecule has 0 bridgehead atoms. The molecule has 2 aromatic carbocycles. The third-order valence-corrected chi connectivity index (χ3v) is 4.04. The molecule has 1 radical (unpaired) electrons. The zero-order valence-corrected chi connectivity index (χ0v) is 11.3. The number of H-pyrrole nitrogens is 1. The van der Waals surface area contributed by atoms with Crippen molar-refractivity contribution in [2.24, 2.45) is 0 Å². The minimum absolute atomic E-state index is 0.815. The summed E-state index contributed by atoms with van der Waals surface area (Å²) in [6, 6.07) is 19.0. The maximum Gasteiger partial charge on any atom is 0.158 e. The first-order valence-corrected chi connectivity index (χ1v) is 7.15. The van der Waals surface area contributed by atoms with Crippen LogP contribution in [0.15, 0.2) is 54.0 Å². The second kappa shape index (κ2) is 4.58. The molecule has 3 nitrogen and oxygen atoms in total. The number of thiazole rings is 1. The van der Waals surface area contributed by atoms with Crippen LogP contribution < -0.4 is 0 Å². The summed E-state index contributed by atoms with van der Waals surface area (Å²) in [4.78, 5) is 13.6. The monoisotopic (exact) mass is 276 g/mol. The van der Waals surface area contributed by atoms with Gasteiger partial charge < -0.3 is 4.98 Å². The molecule has 0 unspecified atom stereocenters. The van der Waals surface area contributed by atoms with Gasteiger partial charge in [0.1, 0.15) is 5.69 Å². The number of imidazole rings is 1. The van der Waals surface area contributed by atoms with Gasteiger partial charge in [-0.25, -0.2) is 9.97 Å². The maximum atomic E-state index is 4.62. The third-order valence-electron chi connectivity index (χ3n) is 3.16. The lowest BCUT2D eigenvalue weighted by Crippen LogP contribution is -1.83. The second-order valence-electron chi connectivity index (χ2n) is 4.42. The SMILES string of the molecule is [c]1ccc(-c2scnc2-c2nc3ccccc3[nH]2)cc1. The maximum absolute atomic E-state index is 4.62. The molecule has 0 aliphatic carbocycles. The van der Waals surface area contributed by atoms with Crippen molar-refractivity contribution in [3.63, 3.8) is 0 Å². The van der Waals surface area contributed by atoms with Gasteiger partial charge in [0.15, 0.2) is 5.82 Å². The van der Waals surface area contributed by atoms with Crippen molar-refractivity contribution >= 4 is 22.4 Å². The van der Waals surface area contributed by atoms with Crippen LogP contribution in [-0.2, 0) is 0 Å². The number of benzene rings is 2. The Morgan fingerprint density at radius 2 is 1.90 bits per heavy atom. The summed E-state index contributed by atoms with van der Waals surface area (Å²) >= 11 is 1.62. The molecule has 2 heterocycles. The number of fused-ring (bicyclic) bond motifs is 1. The van der Waals surface area contributed by atoms with Gasteiger partial charge in [0, 0.05) is 0 Å². The van der Waals surface area contributed by atoms with E-state index >= 15 is 0 Å². The highest BCUT2D eigenvalue weighted by Crippen LogP contribution is 2.33. The van der Waals surface area contributed by atoms with Gasteiger partial charge in [0.2, 0.25) is 0 Å². The van der Waals surface area contributed by atoms with E-state index in [-0.39, 0.29) is 0 Å². The van der Waals surface area contributed by atoms with E-state index < -0.39 is 0 Å². The largest absolute Gasteiger partial charge is 0.337 e. The third kappa shape index (κ3) is 1.82. The van der Waals surface area contributed by atoms with Gasteiger partial charge in [-0.3, -0.25) is 0 Å². The molecule has 95 valence electrons. The fourth-order valence-electron chi connectivity index (χ4n) is 2.22. The van der Waals surface area contributed by atoms with E-state index in [0.29, 0.717) is 0 Å². The fourth-order valence-corrected chi connectivity index (χ4v) is 3.02. The van der Waals surface area contributed by atoms with Gasteiger partial charge in [-0.1, -0.05) is 36.4 Å². The van der Waals surface area contributed by atoms with Gasteiger partial charge in [-0.05, 0) is 23.8 Å². The number of rotatable bonds is 2. The molecule has 4 rings (SSSR count). The predicted octanol–water partition coefficient (Wildman–Crippen LogP) is 4.15. The molecular weight excluding hydrogens is 266 g/mol.